The first-order valence-electron chi connectivity index (χ1n) is 8.89. The van der Waals surface area contributed by atoms with Crippen LogP contribution in [0.5, 0.6) is 11.5 Å². The standard InChI is InChI=1S/C23H18N2O2S/c26-15-14-19-11-12-22(28-19)17-10-13-23(24-16-17)25-20-8-4-5-9-21(20)27-18-6-2-1-3-7-18/h1-13,15-16H,14H2,(H,24,25). The summed E-state index contributed by atoms with van der Waals surface area (Å²) < 4.78 is 5.98. The maximum Gasteiger partial charge on any atom is 0.150 e. The van der Waals surface area contributed by atoms with Gasteiger partial charge < -0.3 is 14.8 Å². The smallest absolute Gasteiger partial charge is 0.150 e. The molecule has 2 aromatic carbocycles. The Kier molecular flexibility index (Phi) is 5.45. The van der Waals surface area contributed by atoms with Gasteiger partial charge in [-0.1, -0.05) is 30.3 Å². The first-order chi connectivity index (χ1) is 13.8. The Morgan fingerprint density at radius 3 is 2.54 bits per heavy atom. The summed E-state index contributed by atoms with van der Waals surface area (Å²) in [6.07, 6.45) is 3.21. The van der Waals surface area contributed by atoms with Crippen LogP contribution in [0.1, 0.15) is 4.88 Å². The lowest BCUT2D eigenvalue weighted by molar-refractivity contribution is -0.107. The number of nitrogens with zero attached hydrogens (tertiary/aromatic N) is 1. The number of hydrogen-bond donors (Lipinski definition) is 1. The minimum absolute atomic E-state index is 0.454. The van der Waals surface area contributed by atoms with Crippen LogP contribution in [0.15, 0.2) is 85.1 Å². The van der Waals surface area contributed by atoms with Gasteiger partial charge in [-0.3, -0.25) is 0 Å². The minimum atomic E-state index is 0.454. The molecule has 2 heterocycles. The van der Waals surface area contributed by atoms with Crippen LogP contribution in [0, 0.1) is 0 Å². The number of anilines is 2. The van der Waals surface area contributed by atoms with E-state index in [4.69, 9.17) is 4.74 Å². The highest BCUT2D eigenvalue weighted by Gasteiger charge is 2.07. The van der Waals surface area contributed by atoms with Crippen molar-refractivity contribution in [1.29, 1.82) is 0 Å². The molecular formula is C23H18N2O2S. The van der Waals surface area contributed by atoms with Gasteiger partial charge in [0.05, 0.1) is 5.69 Å². The van der Waals surface area contributed by atoms with Crippen molar-refractivity contribution in [1.82, 2.24) is 4.98 Å². The lowest BCUT2D eigenvalue weighted by Gasteiger charge is -2.12. The van der Waals surface area contributed by atoms with Gasteiger partial charge in [-0.05, 0) is 48.5 Å². The molecule has 138 valence electrons. The molecule has 0 bridgehead atoms. The van der Waals surface area contributed by atoms with Crippen LogP contribution in [-0.4, -0.2) is 11.3 Å². The molecule has 0 atom stereocenters. The number of carbonyl (C=O) groups excluding carboxylic acids is 1. The van der Waals surface area contributed by atoms with Crippen molar-refractivity contribution < 1.29 is 9.53 Å². The normalized spacial score (nSPS) is 10.4. The molecule has 0 aliphatic heterocycles. The van der Waals surface area contributed by atoms with Gasteiger partial charge >= 0.3 is 0 Å². The third-order valence-electron chi connectivity index (χ3n) is 4.11. The number of para-hydroxylation sites is 3. The number of pyridine rings is 1. The van der Waals surface area contributed by atoms with Crippen LogP contribution in [0.25, 0.3) is 10.4 Å². The number of ether oxygens (including phenoxy) is 1. The van der Waals surface area contributed by atoms with Crippen molar-refractivity contribution in [2.45, 2.75) is 6.42 Å². The molecule has 0 saturated carbocycles. The highest BCUT2D eigenvalue weighted by atomic mass is 32.1. The maximum absolute atomic E-state index is 10.7. The first-order valence-corrected chi connectivity index (χ1v) is 9.71. The van der Waals surface area contributed by atoms with Gasteiger partial charge in [0.15, 0.2) is 5.75 Å². The van der Waals surface area contributed by atoms with Gasteiger partial charge in [-0.25, -0.2) is 4.98 Å². The topological polar surface area (TPSA) is 51.2 Å². The van der Waals surface area contributed by atoms with E-state index < -0.39 is 0 Å². The number of carbonyl (C=O) groups is 1. The zero-order valence-corrected chi connectivity index (χ0v) is 15.9. The second kappa shape index (κ2) is 8.50. The molecule has 1 N–H and O–H groups in total. The van der Waals surface area contributed by atoms with Crippen LogP contribution in [0.3, 0.4) is 0 Å². The molecule has 5 heteroatoms. The molecular weight excluding hydrogens is 368 g/mol. The molecule has 28 heavy (non-hydrogen) atoms. The van der Waals surface area contributed by atoms with Crippen molar-refractivity contribution in [2.75, 3.05) is 5.32 Å². The van der Waals surface area contributed by atoms with Crippen LogP contribution in [-0.2, 0) is 11.2 Å². The van der Waals surface area contributed by atoms with Crippen molar-refractivity contribution in [3.8, 4) is 21.9 Å². The first kappa shape index (κ1) is 17.9. The van der Waals surface area contributed by atoms with Gasteiger partial charge in [0.1, 0.15) is 17.9 Å². The molecule has 0 fully saturated rings. The SMILES string of the molecule is O=CCc1ccc(-c2ccc(Nc3ccccc3Oc3ccccc3)nc2)s1. The number of aldehydes is 1. The van der Waals surface area contributed by atoms with Crippen molar-refractivity contribution in [3.05, 3.63) is 89.9 Å². The number of aromatic nitrogens is 1. The number of thiophene rings is 1. The van der Waals surface area contributed by atoms with Gasteiger partial charge in [-0.2, -0.15) is 0 Å². The zero-order valence-electron chi connectivity index (χ0n) is 15.0. The highest BCUT2D eigenvalue weighted by molar-refractivity contribution is 7.15. The number of hydrogen-bond acceptors (Lipinski definition) is 5. The van der Waals surface area contributed by atoms with E-state index in [0.29, 0.717) is 6.42 Å². The summed E-state index contributed by atoms with van der Waals surface area (Å²) in [5.74, 6) is 2.25. The molecule has 0 aliphatic carbocycles. The number of rotatable bonds is 7. The van der Waals surface area contributed by atoms with E-state index in [9.17, 15) is 4.79 Å². The molecule has 0 saturated heterocycles. The van der Waals surface area contributed by atoms with E-state index in [1.54, 1.807) is 11.3 Å². The quantitative estimate of drug-likeness (QED) is 0.391. The molecule has 0 unspecified atom stereocenters. The average molecular weight is 386 g/mol. The Hall–Kier alpha value is -3.44. The maximum atomic E-state index is 10.7. The molecule has 0 amide bonds. The molecule has 4 aromatic rings. The van der Waals surface area contributed by atoms with Crippen LogP contribution in [0.4, 0.5) is 11.5 Å². The van der Waals surface area contributed by atoms with E-state index in [2.05, 4.69) is 10.3 Å². The predicted molar refractivity (Wildman–Crippen MR) is 114 cm³/mol. The zero-order chi connectivity index (χ0) is 19.2. The summed E-state index contributed by atoms with van der Waals surface area (Å²) in [6, 6.07) is 25.4. The highest BCUT2D eigenvalue weighted by Crippen LogP contribution is 2.32. The second-order valence-electron chi connectivity index (χ2n) is 6.11. The summed E-state index contributed by atoms with van der Waals surface area (Å²) >= 11 is 1.61. The fraction of sp³-hybridized carbons (Fsp3) is 0.0435. The van der Waals surface area contributed by atoms with E-state index >= 15 is 0 Å². The Balaban J connectivity index is 1.51. The molecule has 0 radical (unpaired) electrons. The average Bonchev–Trinajstić information content (AvgIpc) is 3.20. The van der Waals surface area contributed by atoms with Crippen LogP contribution in [0.2, 0.25) is 0 Å². The van der Waals surface area contributed by atoms with Crippen LogP contribution >= 0.6 is 11.3 Å². The largest absolute Gasteiger partial charge is 0.455 e. The Bertz CT molecular complexity index is 1060. The van der Waals surface area contributed by atoms with Crippen molar-refractivity contribution in [2.24, 2.45) is 0 Å². The van der Waals surface area contributed by atoms with E-state index in [1.165, 1.54) is 0 Å². The Labute approximate surface area is 167 Å². The Morgan fingerprint density at radius 1 is 0.929 bits per heavy atom. The van der Waals surface area contributed by atoms with Crippen LogP contribution < -0.4 is 10.1 Å². The van der Waals surface area contributed by atoms with Crippen molar-refractivity contribution in [3.63, 3.8) is 0 Å². The van der Waals surface area contributed by atoms with Gasteiger partial charge in [0.2, 0.25) is 0 Å². The lowest BCUT2D eigenvalue weighted by atomic mass is 10.2. The second-order valence-corrected chi connectivity index (χ2v) is 7.27. The summed E-state index contributed by atoms with van der Waals surface area (Å²) in [5.41, 5.74) is 1.87. The molecule has 4 rings (SSSR count). The summed E-state index contributed by atoms with van der Waals surface area (Å²) in [7, 11) is 0. The predicted octanol–water partition coefficient (Wildman–Crippen LogP) is 6.09. The molecule has 0 spiro atoms. The van der Waals surface area contributed by atoms with E-state index in [0.717, 1.165) is 44.6 Å². The lowest BCUT2D eigenvalue weighted by Crippen LogP contribution is -1.96. The Morgan fingerprint density at radius 2 is 1.75 bits per heavy atom. The van der Waals surface area contributed by atoms with Crippen molar-refractivity contribution >= 4 is 29.1 Å². The minimum Gasteiger partial charge on any atom is -0.455 e. The van der Waals surface area contributed by atoms with E-state index in [-0.39, 0.29) is 0 Å². The van der Waals surface area contributed by atoms with E-state index in [1.807, 2.05) is 85.1 Å². The van der Waals surface area contributed by atoms with Gasteiger partial charge in [-0.15, -0.1) is 11.3 Å². The fourth-order valence-corrected chi connectivity index (χ4v) is 3.70. The third-order valence-corrected chi connectivity index (χ3v) is 5.27. The molecule has 4 nitrogen and oxygen atoms in total. The fourth-order valence-electron chi connectivity index (χ4n) is 2.75. The molecule has 2 aromatic heterocycles. The number of benzene rings is 2. The number of nitrogens with one attached hydrogen (secondary N) is 1. The van der Waals surface area contributed by atoms with Gasteiger partial charge in [0, 0.05) is 27.9 Å². The summed E-state index contributed by atoms with van der Waals surface area (Å²) in [4.78, 5) is 17.3. The summed E-state index contributed by atoms with van der Waals surface area (Å²) in [6.45, 7) is 0. The molecule has 0 aliphatic rings. The third kappa shape index (κ3) is 4.27. The van der Waals surface area contributed by atoms with Gasteiger partial charge in [0.25, 0.3) is 0 Å². The summed E-state index contributed by atoms with van der Waals surface area (Å²) in [5, 5.41) is 3.32. The monoisotopic (exact) mass is 386 g/mol.